The van der Waals surface area contributed by atoms with Gasteiger partial charge in [-0.2, -0.15) is 0 Å². The summed E-state index contributed by atoms with van der Waals surface area (Å²) < 4.78 is 16.3. The highest BCUT2D eigenvalue weighted by molar-refractivity contribution is 5.77. The molecule has 1 aliphatic rings. The van der Waals surface area contributed by atoms with Crippen LogP contribution in [0.5, 0.6) is 17.2 Å². The first-order chi connectivity index (χ1) is 10.1. The summed E-state index contributed by atoms with van der Waals surface area (Å²) in [7, 11) is 6.48. The van der Waals surface area contributed by atoms with Crippen molar-refractivity contribution in [1.29, 1.82) is 0 Å². The number of amides is 1. The molecule has 0 radical (unpaired) electrons. The van der Waals surface area contributed by atoms with Crippen molar-refractivity contribution in [1.82, 2.24) is 10.2 Å². The van der Waals surface area contributed by atoms with Crippen LogP contribution in [-0.4, -0.2) is 52.3 Å². The monoisotopic (exact) mass is 294 g/mol. The number of rotatable bonds is 5. The molecule has 0 fully saturated rings. The molecule has 0 aromatic heterocycles. The van der Waals surface area contributed by atoms with E-state index in [1.54, 1.807) is 28.4 Å². The third-order valence-electron chi connectivity index (χ3n) is 3.75. The van der Waals surface area contributed by atoms with Gasteiger partial charge in [0.1, 0.15) is 0 Å². The Balaban J connectivity index is 2.35. The van der Waals surface area contributed by atoms with E-state index in [9.17, 15) is 4.79 Å². The lowest BCUT2D eigenvalue weighted by Crippen LogP contribution is -2.38. The fraction of sp³-hybridized carbons (Fsp3) is 0.533. The van der Waals surface area contributed by atoms with Crippen LogP contribution in [-0.2, 0) is 17.8 Å². The molecule has 0 atom stereocenters. The number of fused-ring (bicyclic) bond motifs is 1. The number of methoxy groups -OCH3 is 3. The van der Waals surface area contributed by atoms with Gasteiger partial charge in [0.05, 0.1) is 27.9 Å². The molecule has 0 unspecified atom stereocenters. The lowest BCUT2D eigenvalue weighted by molar-refractivity contribution is -0.121. The molecule has 0 aliphatic carbocycles. The van der Waals surface area contributed by atoms with E-state index < -0.39 is 0 Å². The van der Waals surface area contributed by atoms with E-state index in [0.717, 1.165) is 18.5 Å². The average molecular weight is 294 g/mol. The van der Waals surface area contributed by atoms with Crippen molar-refractivity contribution in [2.24, 2.45) is 0 Å². The van der Waals surface area contributed by atoms with Crippen molar-refractivity contribution < 1.29 is 19.0 Å². The summed E-state index contributed by atoms with van der Waals surface area (Å²) in [5.41, 5.74) is 2.24. The third kappa shape index (κ3) is 3.05. The normalized spacial score (nSPS) is 14.3. The predicted molar refractivity (Wildman–Crippen MR) is 79.1 cm³/mol. The van der Waals surface area contributed by atoms with Crippen LogP contribution in [0.25, 0.3) is 0 Å². The Morgan fingerprint density at radius 1 is 1.24 bits per heavy atom. The van der Waals surface area contributed by atoms with Gasteiger partial charge in [0.15, 0.2) is 11.5 Å². The maximum absolute atomic E-state index is 11.5. The van der Waals surface area contributed by atoms with Crippen molar-refractivity contribution >= 4 is 5.91 Å². The van der Waals surface area contributed by atoms with Gasteiger partial charge in [-0.3, -0.25) is 9.69 Å². The Kier molecular flexibility index (Phi) is 4.90. The van der Waals surface area contributed by atoms with E-state index in [1.807, 2.05) is 6.07 Å². The second kappa shape index (κ2) is 6.67. The predicted octanol–water partition coefficient (Wildman–Crippen LogP) is 0.817. The number of nitrogens with zero attached hydrogens (tertiary/aromatic N) is 1. The molecule has 1 N–H and O–H groups in total. The molecule has 1 amide bonds. The van der Waals surface area contributed by atoms with E-state index in [1.165, 1.54) is 5.56 Å². The van der Waals surface area contributed by atoms with Crippen LogP contribution in [0.3, 0.4) is 0 Å². The Morgan fingerprint density at radius 3 is 2.52 bits per heavy atom. The number of carbonyl (C=O) groups is 1. The summed E-state index contributed by atoms with van der Waals surface area (Å²) in [6.45, 7) is 1.87. The zero-order chi connectivity index (χ0) is 15.4. The van der Waals surface area contributed by atoms with Crippen LogP contribution in [0.2, 0.25) is 0 Å². The lowest BCUT2D eigenvalue weighted by Gasteiger charge is -2.30. The van der Waals surface area contributed by atoms with Crippen molar-refractivity contribution in [3.05, 3.63) is 17.2 Å². The molecular weight excluding hydrogens is 272 g/mol. The van der Waals surface area contributed by atoms with Crippen molar-refractivity contribution in [3.63, 3.8) is 0 Å². The molecule has 21 heavy (non-hydrogen) atoms. The van der Waals surface area contributed by atoms with Crippen LogP contribution in [0.1, 0.15) is 11.1 Å². The highest BCUT2D eigenvalue weighted by Gasteiger charge is 2.26. The van der Waals surface area contributed by atoms with Crippen molar-refractivity contribution in [2.45, 2.75) is 13.0 Å². The van der Waals surface area contributed by atoms with Crippen molar-refractivity contribution in [3.8, 4) is 17.2 Å². The second-order valence-corrected chi connectivity index (χ2v) is 4.92. The Bertz CT molecular complexity index is 531. The Labute approximate surface area is 125 Å². The molecular formula is C15H22N2O4. The zero-order valence-electron chi connectivity index (χ0n) is 13.0. The van der Waals surface area contributed by atoms with Gasteiger partial charge >= 0.3 is 0 Å². The smallest absolute Gasteiger partial charge is 0.233 e. The van der Waals surface area contributed by atoms with Gasteiger partial charge < -0.3 is 19.5 Å². The summed E-state index contributed by atoms with van der Waals surface area (Å²) in [5.74, 6) is 1.97. The molecule has 6 heteroatoms. The number of hydrogen-bond acceptors (Lipinski definition) is 5. The van der Waals surface area contributed by atoms with E-state index in [4.69, 9.17) is 14.2 Å². The SMILES string of the molecule is CNC(=O)CN1CCc2cc(OC)c(OC)c(OC)c2C1. The van der Waals surface area contributed by atoms with Gasteiger partial charge in [0.2, 0.25) is 11.7 Å². The Hall–Kier alpha value is -1.95. The molecule has 0 spiro atoms. The van der Waals surface area contributed by atoms with Gasteiger partial charge in [-0.1, -0.05) is 0 Å². The molecule has 116 valence electrons. The van der Waals surface area contributed by atoms with Gasteiger partial charge in [0, 0.05) is 25.7 Å². The first-order valence-electron chi connectivity index (χ1n) is 6.88. The number of carbonyl (C=O) groups excluding carboxylic acids is 1. The second-order valence-electron chi connectivity index (χ2n) is 4.92. The molecule has 0 saturated heterocycles. The highest BCUT2D eigenvalue weighted by Crippen LogP contribution is 2.43. The summed E-state index contributed by atoms with van der Waals surface area (Å²) in [6, 6.07) is 1.99. The van der Waals surface area contributed by atoms with Crippen LogP contribution in [0, 0.1) is 0 Å². The molecule has 1 aliphatic heterocycles. The largest absolute Gasteiger partial charge is 0.493 e. The molecule has 1 heterocycles. The van der Waals surface area contributed by atoms with E-state index >= 15 is 0 Å². The van der Waals surface area contributed by atoms with E-state index in [2.05, 4.69) is 10.2 Å². The maximum atomic E-state index is 11.5. The van der Waals surface area contributed by atoms with Gasteiger partial charge in [0.25, 0.3) is 0 Å². The minimum atomic E-state index is 0.0119. The summed E-state index contributed by atoms with van der Waals surface area (Å²) in [6.07, 6.45) is 0.850. The number of likely N-dealkylation sites (N-methyl/N-ethyl adjacent to an activating group) is 1. The molecule has 1 aromatic rings. The lowest BCUT2D eigenvalue weighted by atomic mass is 9.97. The van der Waals surface area contributed by atoms with Crippen molar-refractivity contribution in [2.75, 3.05) is 41.5 Å². The standard InChI is InChI=1S/C15H22N2O4/c1-16-13(18)9-17-6-5-10-7-12(19-2)15(21-4)14(20-3)11(10)8-17/h7H,5-6,8-9H2,1-4H3,(H,16,18). The summed E-state index contributed by atoms with van der Waals surface area (Å²) in [5, 5.41) is 2.65. The molecule has 0 saturated carbocycles. The maximum Gasteiger partial charge on any atom is 0.233 e. The van der Waals surface area contributed by atoms with Crippen LogP contribution in [0.4, 0.5) is 0 Å². The summed E-state index contributed by atoms with van der Waals surface area (Å²) in [4.78, 5) is 13.6. The first-order valence-corrected chi connectivity index (χ1v) is 6.88. The van der Waals surface area contributed by atoms with Gasteiger partial charge in [-0.05, 0) is 18.1 Å². The number of benzene rings is 1. The van der Waals surface area contributed by atoms with E-state index in [0.29, 0.717) is 30.3 Å². The molecule has 1 aromatic carbocycles. The topological polar surface area (TPSA) is 60.0 Å². The van der Waals surface area contributed by atoms with Crippen LogP contribution >= 0.6 is 0 Å². The minimum absolute atomic E-state index is 0.0119. The fourth-order valence-electron chi connectivity index (χ4n) is 2.66. The van der Waals surface area contributed by atoms with Gasteiger partial charge in [-0.15, -0.1) is 0 Å². The number of nitrogens with one attached hydrogen (secondary N) is 1. The van der Waals surface area contributed by atoms with Crippen LogP contribution < -0.4 is 19.5 Å². The minimum Gasteiger partial charge on any atom is -0.493 e. The van der Waals surface area contributed by atoms with Crippen LogP contribution in [0.15, 0.2) is 6.07 Å². The molecule has 6 nitrogen and oxygen atoms in total. The first kappa shape index (κ1) is 15.4. The fourth-order valence-corrected chi connectivity index (χ4v) is 2.66. The number of hydrogen-bond donors (Lipinski definition) is 1. The Morgan fingerprint density at radius 2 is 1.95 bits per heavy atom. The average Bonchev–Trinajstić information content (AvgIpc) is 2.52. The molecule has 2 rings (SSSR count). The molecule has 0 bridgehead atoms. The zero-order valence-corrected chi connectivity index (χ0v) is 13.0. The summed E-state index contributed by atoms with van der Waals surface area (Å²) >= 11 is 0. The quantitative estimate of drug-likeness (QED) is 0.871. The highest BCUT2D eigenvalue weighted by atomic mass is 16.5. The number of ether oxygens (including phenoxy) is 3. The van der Waals surface area contributed by atoms with E-state index in [-0.39, 0.29) is 5.91 Å². The third-order valence-corrected chi connectivity index (χ3v) is 3.75. The van der Waals surface area contributed by atoms with Gasteiger partial charge in [-0.25, -0.2) is 0 Å².